The van der Waals surface area contributed by atoms with Crippen molar-refractivity contribution in [2.24, 2.45) is 11.3 Å². The standard InChI is InChI=1S/C15H19BrN2O/c1-15(2)12-9-17-7-6-13(12)18(14(15)19)11-5-3-4-10(16)8-11/h3-5,8,12-13,17H,6-7,9H2,1-2H3. The van der Waals surface area contributed by atoms with Gasteiger partial charge >= 0.3 is 0 Å². The van der Waals surface area contributed by atoms with E-state index in [9.17, 15) is 4.79 Å². The number of piperidine rings is 1. The van der Waals surface area contributed by atoms with Crippen LogP contribution in [0.3, 0.4) is 0 Å². The van der Waals surface area contributed by atoms with Crippen molar-refractivity contribution >= 4 is 27.5 Å². The van der Waals surface area contributed by atoms with E-state index < -0.39 is 0 Å². The van der Waals surface area contributed by atoms with Gasteiger partial charge in [0.25, 0.3) is 0 Å². The Balaban J connectivity index is 2.03. The van der Waals surface area contributed by atoms with Crippen LogP contribution in [0.5, 0.6) is 0 Å². The van der Waals surface area contributed by atoms with E-state index in [1.54, 1.807) is 0 Å². The molecule has 2 heterocycles. The first-order valence-electron chi connectivity index (χ1n) is 6.82. The third-order valence-corrected chi connectivity index (χ3v) is 5.05. The topological polar surface area (TPSA) is 32.3 Å². The number of fused-ring (bicyclic) bond motifs is 1. The molecule has 1 aromatic carbocycles. The maximum Gasteiger partial charge on any atom is 0.233 e. The number of nitrogens with one attached hydrogen (secondary N) is 1. The van der Waals surface area contributed by atoms with Crippen LogP contribution in [0.25, 0.3) is 0 Å². The maximum atomic E-state index is 12.8. The van der Waals surface area contributed by atoms with Crippen molar-refractivity contribution in [3.8, 4) is 0 Å². The van der Waals surface area contributed by atoms with Crippen LogP contribution < -0.4 is 10.2 Å². The molecule has 1 amide bonds. The highest BCUT2D eigenvalue weighted by atomic mass is 79.9. The first-order chi connectivity index (χ1) is 9.01. The quantitative estimate of drug-likeness (QED) is 0.862. The lowest BCUT2D eigenvalue weighted by Gasteiger charge is -2.34. The lowest BCUT2D eigenvalue weighted by Crippen LogP contribution is -2.45. The van der Waals surface area contributed by atoms with Crippen LogP contribution in [0.2, 0.25) is 0 Å². The zero-order valence-corrected chi connectivity index (χ0v) is 12.9. The lowest BCUT2D eigenvalue weighted by atomic mass is 9.76. The van der Waals surface area contributed by atoms with E-state index in [1.807, 2.05) is 29.2 Å². The molecule has 0 aliphatic carbocycles. The Kier molecular flexibility index (Phi) is 3.18. The van der Waals surface area contributed by atoms with Gasteiger partial charge in [-0.15, -0.1) is 0 Å². The summed E-state index contributed by atoms with van der Waals surface area (Å²) in [4.78, 5) is 14.8. The van der Waals surface area contributed by atoms with Crippen molar-refractivity contribution in [1.82, 2.24) is 5.32 Å². The highest BCUT2D eigenvalue weighted by Gasteiger charge is 2.54. The number of rotatable bonds is 1. The molecule has 0 bridgehead atoms. The Labute approximate surface area is 122 Å². The summed E-state index contributed by atoms with van der Waals surface area (Å²) < 4.78 is 1.02. The van der Waals surface area contributed by atoms with Crippen molar-refractivity contribution in [3.05, 3.63) is 28.7 Å². The molecule has 102 valence electrons. The van der Waals surface area contributed by atoms with Crippen LogP contribution in [-0.2, 0) is 4.79 Å². The van der Waals surface area contributed by atoms with Gasteiger partial charge in [-0.25, -0.2) is 0 Å². The SMILES string of the molecule is CC1(C)C(=O)N(c2cccc(Br)c2)C2CCNCC21. The van der Waals surface area contributed by atoms with E-state index in [-0.39, 0.29) is 11.3 Å². The minimum atomic E-state index is -0.277. The fourth-order valence-corrected chi connectivity index (χ4v) is 3.83. The Morgan fingerprint density at radius 2 is 2.21 bits per heavy atom. The summed E-state index contributed by atoms with van der Waals surface area (Å²) in [5.41, 5.74) is 0.738. The molecule has 4 heteroatoms. The monoisotopic (exact) mass is 322 g/mol. The Morgan fingerprint density at radius 3 is 2.95 bits per heavy atom. The average Bonchev–Trinajstić information content (AvgIpc) is 2.58. The van der Waals surface area contributed by atoms with E-state index in [1.165, 1.54) is 0 Å². The number of carbonyl (C=O) groups excluding carboxylic acids is 1. The van der Waals surface area contributed by atoms with Crippen LogP contribution in [0.15, 0.2) is 28.7 Å². The second-order valence-corrected chi connectivity index (χ2v) is 6.96. The fourth-order valence-electron chi connectivity index (χ4n) is 3.44. The maximum absolute atomic E-state index is 12.8. The zero-order valence-electron chi connectivity index (χ0n) is 11.3. The minimum Gasteiger partial charge on any atom is -0.316 e. The van der Waals surface area contributed by atoms with Crippen molar-refractivity contribution in [3.63, 3.8) is 0 Å². The molecule has 2 aliphatic rings. The predicted octanol–water partition coefficient (Wildman–Crippen LogP) is 2.80. The van der Waals surface area contributed by atoms with Gasteiger partial charge in [-0.1, -0.05) is 35.8 Å². The van der Waals surface area contributed by atoms with Crippen molar-refractivity contribution in [2.75, 3.05) is 18.0 Å². The van der Waals surface area contributed by atoms with Gasteiger partial charge in [0.15, 0.2) is 0 Å². The van der Waals surface area contributed by atoms with Crippen LogP contribution in [0.4, 0.5) is 5.69 Å². The molecule has 3 nitrogen and oxygen atoms in total. The van der Waals surface area contributed by atoms with Gasteiger partial charge in [0, 0.05) is 28.7 Å². The number of halogens is 1. The van der Waals surface area contributed by atoms with Crippen LogP contribution in [-0.4, -0.2) is 25.0 Å². The summed E-state index contributed by atoms with van der Waals surface area (Å²) in [6.45, 7) is 6.10. The first kappa shape index (κ1) is 13.1. The molecule has 2 aliphatic heterocycles. The number of hydrogen-bond donors (Lipinski definition) is 1. The molecular weight excluding hydrogens is 304 g/mol. The predicted molar refractivity (Wildman–Crippen MR) is 80.2 cm³/mol. The lowest BCUT2D eigenvalue weighted by molar-refractivity contribution is -0.125. The molecule has 1 N–H and O–H groups in total. The third-order valence-electron chi connectivity index (χ3n) is 4.56. The number of carbonyl (C=O) groups is 1. The van der Waals surface area contributed by atoms with Gasteiger partial charge in [0.1, 0.15) is 0 Å². The number of benzene rings is 1. The molecule has 1 aromatic rings. The largest absolute Gasteiger partial charge is 0.316 e. The molecule has 3 rings (SSSR count). The summed E-state index contributed by atoms with van der Waals surface area (Å²) in [7, 11) is 0. The second kappa shape index (κ2) is 4.60. The van der Waals surface area contributed by atoms with Crippen molar-refractivity contribution in [2.45, 2.75) is 26.3 Å². The number of nitrogens with zero attached hydrogens (tertiary/aromatic N) is 1. The smallest absolute Gasteiger partial charge is 0.233 e. The van der Waals surface area contributed by atoms with E-state index in [4.69, 9.17) is 0 Å². The van der Waals surface area contributed by atoms with Crippen molar-refractivity contribution in [1.29, 1.82) is 0 Å². The van der Waals surface area contributed by atoms with E-state index in [0.29, 0.717) is 12.0 Å². The van der Waals surface area contributed by atoms with E-state index >= 15 is 0 Å². The van der Waals surface area contributed by atoms with Gasteiger partial charge in [0.2, 0.25) is 5.91 Å². The molecule has 2 saturated heterocycles. The van der Waals surface area contributed by atoms with E-state index in [2.05, 4.69) is 35.1 Å². The molecule has 2 atom stereocenters. The Morgan fingerprint density at radius 1 is 1.42 bits per heavy atom. The fraction of sp³-hybridized carbons (Fsp3) is 0.533. The highest BCUT2D eigenvalue weighted by Crippen LogP contribution is 2.45. The summed E-state index contributed by atoms with van der Waals surface area (Å²) in [5, 5.41) is 3.43. The van der Waals surface area contributed by atoms with E-state index in [0.717, 1.165) is 29.7 Å². The summed E-state index contributed by atoms with van der Waals surface area (Å²) in [6, 6.07) is 8.39. The average molecular weight is 323 g/mol. The van der Waals surface area contributed by atoms with Gasteiger partial charge in [-0.2, -0.15) is 0 Å². The molecule has 0 radical (unpaired) electrons. The van der Waals surface area contributed by atoms with Crippen LogP contribution >= 0.6 is 15.9 Å². The van der Waals surface area contributed by atoms with Crippen LogP contribution in [0, 0.1) is 11.3 Å². The third kappa shape index (κ3) is 2.01. The normalized spacial score (nSPS) is 29.4. The Bertz CT molecular complexity index is 515. The minimum absolute atomic E-state index is 0.254. The number of hydrogen-bond acceptors (Lipinski definition) is 2. The summed E-state index contributed by atoms with van der Waals surface area (Å²) in [5.74, 6) is 0.650. The highest BCUT2D eigenvalue weighted by molar-refractivity contribution is 9.10. The van der Waals surface area contributed by atoms with Gasteiger partial charge in [0.05, 0.1) is 5.41 Å². The summed E-state index contributed by atoms with van der Waals surface area (Å²) in [6.07, 6.45) is 1.03. The van der Waals surface area contributed by atoms with Crippen molar-refractivity contribution < 1.29 is 4.79 Å². The number of amides is 1. The number of anilines is 1. The first-order valence-corrected chi connectivity index (χ1v) is 7.61. The Hall–Kier alpha value is -0.870. The molecule has 2 fully saturated rings. The molecular formula is C15H19BrN2O. The molecule has 0 aromatic heterocycles. The summed E-state index contributed by atoms with van der Waals surface area (Å²) >= 11 is 3.50. The molecule has 19 heavy (non-hydrogen) atoms. The van der Waals surface area contributed by atoms with Gasteiger partial charge < -0.3 is 10.2 Å². The zero-order chi connectivity index (χ0) is 13.6. The van der Waals surface area contributed by atoms with Gasteiger partial charge in [-0.3, -0.25) is 4.79 Å². The molecule has 0 spiro atoms. The van der Waals surface area contributed by atoms with Gasteiger partial charge in [-0.05, 0) is 31.2 Å². The van der Waals surface area contributed by atoms with Crippen LogP contribution in [0.1, 0.15) is 20.3 Å². The molecule has 2 unspecified atom stereocenters. The molecule has 0 saturated carbocycles. The second-order valence-electron chi connectivity index (χ2n) is 6.04.